The Kier molecular flexibility index (Phi) is 6.20. The molecule has 8 nitrogen and oxygen atoms in total. The SMILES string of the molecule is Cc1ccc(-n2cnnc2SCC(=O)Nc2c(C)n(C)n(-c3ccccc3)c2=O)cc1Cl. The molecular formula is C22H21ClN6O2S. The molecule has 1 N–H and O–H groups in total. The number of nitrogens with one attached hydrogen (secondary N) is 1. The molecule has 4 aromatic rings. The number of aromatic nitrogens is 5. The first-order valence-corrected chi connectivity index (χ1v) is 11.2. The van der Waals surface area contributed by atoms with E-state index in [0.717, 1.165) is 16.9 Å². The van der Waals surface area contributed by atoms with Crippen molar-refractivity contribution in [2.24, 2.45) is 7.05 Å². The molecule has 164 valence electrons. The molecule has 32 heavy (non-hydrogen) atoms. The fraction of sp³-hybridized carbons (Fsp3) is 0.182. The zero-order valence-corrected chi connectivity index (χ0v) is 19.3. The Bertz CT molecular complexity index is 1340. The lowest BCUT2D eigenvalue weighted by Gasteiger charge is -2.08. The molecule has 0 atom stereocenters. The lowest BCUT2D eigenvalue weighted by atomic mass is 10.2. The van der Waals surface area contributed by atoms with Gasteiger partial charge in [-0.1, -0.05) is 47.6 Å². The van der Waals surface area contributed by atoms with Gasteiger partial charge in [-0.05, 0) is 43.7 Å². The summed E-state index contributed by atoms with van der Waals surface area (Å²) in [6.07, 6.45) is 1.57. The van der Waals surface area contributed by atoms with Crippen LogP contribution in [0.3, 0.4) is 0 Å². The fourth-order valence-corrected chi connectivity index (χ4v) is 4.15. The summed E-state index contributed by atoms with van der Waals surface area (Å²) in [5, 5.41) is 12.0. The molecule has 0 fully saturated rings. The van der Waals surface area contributed by atoms with Crippen molar-refractivity contribution < 1.29 is 4.79 Å². The molecule has 2 aromatic heterocycles. The van der Waals surface area contributed by atoms with Gasteiger partial charge in [-0.2, -0.15) is 0 Å². The van der Waals surface area contributed by atoms with Crippen LogP contribution >= 0.6 is 23.4 Å². The maximum absolute atomic E-state index is 13.0. The second-order valence-electron chi connectivity index (χ2n) is 7.19. The van der Waals surface area contributed by atoms with Crippen molar-refractivity contribution in [1.82, 2.24) is 24.1 Å². The Morgan fingerprint density at radius 2 is 1.88 bits per heavy atom. The third-order valence-electron chi connectivity index (χ3n) is 5.10. The number of hydrogen-bond acceptors (Lipinski definition) is 5. The van der Waals surface area contributed by atoms with Gasteiger partial charge >= 0.3 is 0 Å². The Balaban J connectivity index is 1.50. The molecule has 0 aliphatic rings. The average molecular weight is 469 g/mol. The minimum absolute atomic E-state index is 0.0669. The largest absolute Gasteiger partial charge is 0.319 e. The molecule has 0 saturated heterocycles. The Morgan fingerprint density at radius 3 is 2.59 bits per heavy atom. The third kappa shape index (κ3) is 4.21. The van der Waals surface area contributed by atoms with Crippen LogP contribution in [0.5, 0.6) is 0 Å². The fourth-order valence-electron chi connectivity index (χ4n) is 3.25. The number of amides is 1. The van der Waals surface area contributed by atoms with E-state index in [-0.39, 0.29) is 22.9 Å². The van der Waals surface area contributed by atoms with Gasteiger partial charge in [0.15, 0.2) is 5.16 Å². The summed E-state index contributed by atoms with van der Waals surface area (Å²) >= 11 is 7.45. The standard InChI is InChI=1S/C22H21ClN6O2S/c1-14-9-10-17(11-18(14)23)28-13-24-26-22(28)32-12-19(30)25-20-15(2)27(3)29(21(20)31)16-7-5-4-6-8-16/h4-11,13H,12H2,1-3H3,(H,25,30). The van der Waals surface area contributed by atoms with Crippen molar-refractivity contribution in [2.45, 2.75) is 19.0 Å². The summed E-state index contributed by atoms with van der Waals surface area (Å²) in [5.74, 6) is -0.241. The quantitative estimate of drug-likeness (QED) is 0.435. The molecule has 0 unspecified atom stereocenters. The number of carbonyl (C=O) groups excluding carboxylic acids is 1. The second kappa shape index (κ2) is 9.05. The number of rotatable bonds is 6. The first-order chi connectivity index (χ1) is 15.4. The average Bonchev–Trinajstić information content (AvgIpc) is 3.34. The maximum atomic E-state index is 13.0. The molecule has 2 heterocycles. The van der Waals surface area contributed by atoms with E-state index in [1.807, 2.05) is 55.5 Å². The van der Waals surface area contributed by atoms with Gasteiger partial charge in [-0.25, -0.2) is 4.68 Å². The summed E-state index contributed by atoms with van der Waals surface area (Å²) < 4.78 is 5.01. The molecule has 2 aromatic carbocycles. The van der Waals surface area contributed by atoms with Crippen LogP contribution in [0.25, 0.3) is 11.4 Å². The zero-order valence-electron chi connectivity index (χ0n) is 17.7. The van der Waals surface area contributed by atoms with Gasteiger partial charge in [0.1, 0.15) is 12.0 Å². The lowest BCUT2D eigenvalue weighted by Crippen LogP contribution is -2.23. The van der Waals surface area contributed by atoms with E-state index in [0.29, 0.717) is 15.9 Å². The highest BCUT2D eigenvalue weighted by Gasteiger charge is 2.19. The predicted octanol–water partition coefficient (Wildman–Crippen LogP) is 3.76. The Labute approximate surface area is 193 Å². The van der Waals surface area contributed by atoms with Crippen molar-refractivity contribution in [3.05, 3.63) is 81.5 Å². The summed E-state index contributed by atoms with van der Waals surface area (Å²) in [5.41, 5.74) is 3.13. The maximum Gasteiger partial charge on any atom is 0.295 e. The van der Waals surface area contributed by atoms with Crippen molar-refractivity contribution >= 4 is 35.0 Å². The van der Waals surface area contributed by atoms with Gasteiger partial charge < -0.3 is 5.32 Å². The smallest absolute Gasteiger partial charge is 0.295 e. The van der Waals surface area contributed by atoms with Crippen molar-refractivity contribution in [3.63, 3.8) is 0 Å². The minimum atomic E-state index is -0.308. The van der Waals surface area contributed by atoms with Gasteiger partial charge in [0.05, 0.1) is 22.8 Å². The highest BCUT2D eigenvalue weighted by Crippen LogP contribution is 2.24. The van der Waals surface area contributed by atoms with Crippen LogP contribution in [-0.4, -0.2) is 35.8 Å². The second-order valence-corrected chi connectivity index (χ2v) is 8.54. The van der Waals surface area contributed by atoms with Crippen LogP contribution in [0.4, 0.5) is 5.69 Å². The topological polar surface area (TPSA) is 86.7 Å². The first-order valence-electron chi connectivity index (χ1n) is 9.80. The molecule has 0 spiro atoms. The van der Waals surface area contributed by atoms with E-state index in [4.69, 9.17) is 11.6 Å². The van der Waals surface area contributed by atoms with Crippen molar-refractivity contribution in [2.75, 3.05) is 11.1 Å². The first kappa shape index (κ1) is 21.9. The number of thioether (sulfide) groups is 1. The van der Waals surface area contributed by atoms with Crippen molar-refractivity contribution in [3.8, 4) is 11.4 Å². The molecule has 4 rings (SSSR count). The number of anilines is 1. The van der Waals surface area contributed by atoms with Gasteiger partial charge in [-0.3, -0.25) is 18.8 Å². The van der Waals surface area contributed by atoms with Gasteiger partial charge in [-0.15, -0.1) is 10.2 Å². The van der Waals surface area contributed by atoms with E-state index < -0.39 is 0 Å². The molecule has 10 heteroatoms. The number of nitrogens with zero attached hydrogens (tertiary/aromatic N) is 5. The normalized spacial score (nSPS) is 11.0. The summed E-state index contributed by atoms with van der Waals surface area (Å²) in [4.78, 5) is 25.6. The van der Waals surface area contributed by atoms with Crippen LogP contribution in [0, 0.1) is 13.8 Å². The highest BCUT2D eigenvalue weighted by molar-refractivity contribution is 7.99. The third-order valence-corrected chi connectivity index (χ3v) is 6.45. The van der Waals surface area contributed by atoms with Gasteiger partial charge in [0, 0.05) is 12.1 Å². The number of hydrogen-bond donors (Lipinski definition) is 1. The summed E-state index contributed by atoms with van der Waals surface area (Å²) in [6, 6.07) is 14.9. The Morgan fingerprint density at radius 1 is 1.12 bits per heavy atom. The van der Waals surface area contributed by atoms with Crippen molar-refractivity contribution in [1.29, 1.82) is 0 Å². The monoisotopic (exact) mass is 468 g/mol. The van der Waals surface area contributed by atoms with Crippen LogP contribution in [0.1, 0.15) is 11.3 Å². The molecule has 0 radical (unpaired) electrons. The zero-order chi connectivity index (χ0) is 22.8. The molecule has 1 amide bonds. The van der Waals surface area contributed by atoms with Crippen LogP contribution < -0.4 is 10.9 Å². The minimum Gasteiger partial charge on any atom is -0.319 e. The number of carbonyl (C=O) groups is 1. The van der Waals surface area contributed by atoms with E-state index in [1.165, 1.54) is 16.4 Å². The van der Waals surface area contributed by atoms with E-state index >= 15 is 0 Å². The molecular weight excluding hydrogens is 448 g/mol. The predicted molar refractivity (Wildman–Crippen MR) is 126 cm³/mol. The number of aryl methyl sites for hydroxylation is 1. The molecule has 0 saturated carbocycles. The van der Waals surface area contributed by atoms with Crippen LogP contribution in [0.15, 0.2) is 64.8 Å². The highest BCUT2D eigenvalue weighted by atomic mass is 35.5. The lowest BCUT2D eigenvalue weighted by molar-refractivity contribution is -0.113. The van der Waals surface area contributed by atoms with E-state index in [9.17, 15) is 9.59 Å². The van der Waals surface area contributed by atoms with Gasteiger partial charge in [0.25, 0.3) is 5.56 Å². The summed E-state index contributed by atoms with van der Waals surface area (Å²) in [6.45, 7) is 3.72. The number of para-hydroxylation sites is 1. The molecule has 0 aliphatic heterocycles. The van der Waals surface area contributed by atoms with Crippen LogP contribution in [0.2, 0.25) is 5.02 Å². The van der Waals surface area contributed by atoms with E-state index in [1.54, 1.807) is 29.5 Å². The molecule has 0 bridgehead atoms. The van der Waals surface area contributed by atoms with Crippen LogP contribution in [-0.2, 0) is 11.8 Å². The summed E-state index contributed by atoms with van der Waals surface area (Å²) in [7, 11) is 1.78. The van der Waals surface area contributed by atoms with E-state index in [2.05, 4.69) is 15.5 Å². The van der Waals surface area contributed by atoms with Gasteiger partial charge in [0.2, 0.25) is 5.91 Å². The number of benzene rings is 2. The Hall–Kier alpha value is -3.30. The molecule has 0 aliphatic carbocycles. The number of halogens is 1.